The number of amides is 1. The molecule has 1 fully saturated rings. The predicted molar refractivity (Wildman–Crippen MR) is 98.0 cm³/mol. The fourth-order valence-corrected chi connectivity index (χ4v) is 3.59. The van der Waals surface area contributed by atoms with E-state index >= 15 is 0 Å². The summed E-state index contributed by atoms with van der Waals surface area (Å²) >= 11 is 0. The summed E-state index contributed by atoms with van der Waals surface area (Å²) in [5.41, 5.74) is 3.17. The number of aromatic nitrogens is 2. The van der Waals surface area contributed by atoms with Crippen molar-refractivity contribution in [2.24, 2.45) is 0 Å². The highest BCUT2D eigenvalue weighted by Gasteiger charge is 2.21. The van der Waals surface area contributed by atoms with Crippen LogP contribution in [0.5, 0.6) is 0 Å². The van der Waals surface area contributed by atoms with Gasteiger partial charge in [-0.1, -0.05) is 18.2 Å². The molecule has 1 aromatic carbocycles. The van der Waals surface area contributed by atoms with Crippen LogP contribution in [-0.4, -0.2) is 53.5 Å². The van der Waals surface area contributed by atoms with Gasteiger partial charge >= 0.3 is 0 Å². The van der Waals surface area contributed by atoms with Gasteiger partial charge in [0, 0.05) is 38.4 Å². The van der Waals surface area contributed by atoms with Crippen molar-refractivity contribution in [2.75, 3.05) is 42.9 Å². The fraction of sp³-hybridized carbons (Fsp3) is 0.421. The summed E-state index contributed by atoms with van der Waals surface area (Å²) in [5, 5.41) is 3.30. The Morgan fingerprint density at radius 3 is 2.84 bits per heavy atom. The number of nitrogens with one attached hydrogen (secondary N) is 1. The van der Waals surface area contributed by atoms with E-state index in [0.29, 0.717) is 11.5 Å². The van der Waals surface area contributed by atoms with Crippen LogP contribution in [0, 0.1) is 0 Å². The molecule has 0 unspecified atom stereocenters. The maximum absolute atomic E-state index is 12.4. The first kappa shape index (κ1) is 15.9. The molecule has 0 radical (unpaired) electrons. The van der Waals surface area contributed by atoms with Crippen molar-refractivity contribution in [1.82, 2.24) is 14.9 Å². The van der Waals surface area contributed by atoms with Crippen LogP contribution in [0.4, 0.5) is 11.5 Å². The number of hydrogen-bond acceptors (Lipinski definition) is 5. The van der Waals surface area contributed by atoms with Crippen LogP contribution in [0.15, 0.2) is 36.7 Å². The molecular formula is C19H23N5O. The Kier molecular flexibility index (Phi) is 4.50. The molecule has 0 atom stereocenters. The highest BCUT2D eigenvalue weighted by molar-refractivity contribution is 5.92. The van der Waals surface area contributed by atoms with Gasteiger partial charge < -0.3 is 15.1 Å². The van der Waals surface area contributed by atoms with Crippen LogP contribution in [0.1, 0.15) is 28.9 Å². The first-order valence-corrected chi connectivity index (χ1v) is 8.99. The molecule has 2 aromatic rings. The molecule has 25 heavy (non-hydrogen) atoms. The van der Waals surface area contributed by atoms with Gasteiger partial charge in [0.1, 0.15) is 11.5 Å². The minimum absolute atomic E-state index is 0.0119. The Hall–Kier alpha value is -2.63. The van der Waals surface area contributed by atoms with Crippen molar-refractivity contribution >= 4 is 17.4 Å². The van der Waals surface area contributed by atoms with Crippen molar-refractivity contribution in [3.05, 3.63) is 47.9 Å². The Labute approximate surface area is 147 Å². The van der Waals surface area contributed by atoms with Crippen molar-refractivity contribution in [1.29, 1.82) is 0 Å². The van der Waals surface area contributed by atoms with Gasteiger partial charge in [-0.15, -0.1) is 0 Å². The number of rotatable bonds is 5. The summed E-state index contributed by atoms with van der Waals surface area (Å²) in [6, 6.07) is 8.56. The summed E-state index contributed by atoms with van der Waals surface area (Å²) in [6.07, 6.45) is 6.50. The Morgan fingerprint density at radius 1 is 1.12 bits per heavy atom. The third-order valence-electron chi connectivity index (χ3n) is 4.92. The normalized spacial score (nSPS) is 16.2. The smallest absolute Gasteiger partial charge is 0.274 e. The zero-order chi connectivity index (χ0) is 17.1. The maximum Gasteiger partial charge on any atom is 0.274 e. The van der Waals surface area contributed by atoms with Crippen LogP contribution in [0.3, 0.4) is 0 Å². The van der Waals surface area contributed by atoms with E-state index in [1.165, 1.54) is 11.3 Å². The molecule has 2 aliphatic rings. The lowest BCUT2D eigenvalue weighted by Crippen LogP contribution is -2.29. The number of carbonyl (C=O) groups excluding carboxylic acids is 1. The summed E-state index contributed by atoms with van der Waals surface area (Å²) in [7, 11) is 0. The van der Waals surface area contributed by atoms with Crippen molar-refractivity contribution in [2.45, 2.75) is 19.3 Å². The maximum atomic E-state index is 12.4. The van der Waals surface area contributed by atoms with Gasteiger partial charge in [-0.05, 0) is 30.9 Å². The summed E-state index contributed by atoms with van der Waals surface area (Å²) in [5.74, 6) is 0.652. The lowest BCUT2D eigenvalue weighted by Gasteiger charge is -2.20. The number of likely N-dealkylation sites (tertiary alicyclic amines) is 1. The first-order valence-electron chi connectivity index (χ1n) is 8.99. The number of carbonyl (C=O) groups is 1. The molecule has 130 valence electrons. The molecule has 0 bridgehead atoms. The third-order valence-corrected chi connectivity index (χ3v) is 4.92. The Morgan fingerprint density at radius 2 is 1.96 bits per heavy atom. The van der Waals surface area contributed by atoms with E-state index in [2.05, 4.69) is 44.5 Å². The second kappa shape index (κ2) is 7.09. The standard InChI is InChI=1S/C19H23N5O/c25-19(24-9-3-4-10-24)16-13-20-14-18(22-16)21-8-12-23-11-7-15-5-1-2-6-17(15)23/h1-2,5-6,13-14H,3-4,7-12H2,(H,21,22). The number of para-hydroxylation sites is 1. The Balaban J connectivity index is 1.34. The lowest BCUT2D eigenvalue weighted by molar-refractivity contribution is 0.0786. The van der Waals surface area contributed by atoms with Crippen molar-refractivity contribution in [3.63, 3.8) is 0 Å². The van der Waals surface area contributed by atoms with Gasteiger partial charge in [-0.2, -0.15) is 0 Å². The van der Waals surface area contributed by atoms with E-state index in [1.54, 1.807) is 12.4 Å². The highest BCUT2D eigenvalue weighted by atomic mass is 16.2. The van der Waals surface area contributed by atoms with Gasteiger partial charge in [-0.25, -0.2) is 4.98 Å². The number of hydrogen-bond donors (Lipinski definition) is 1. The zero-order valence-electron chi connectivity index (χ0n) is 14.3. The quantitative estimate of drug-likeness (QED) is 0.906. The molecular weight excluding hydrogens is 314 g/mol. The molecule has 1 amide bonds. The van der Waals surface area contributed by atoms with Gasteiger partial charge in [0.2, 0.25) is 0 Å². The summed E-state index contributed by atoms with van der Waals surface area (Å²) < 4.78 is 0. The molecule has 3 heterocycles. The largest absolute Gasteiger partial charge is 0.369 e. The molecule has 6 nitrogen and oxygen atoms in total. The minimum atomic E-state index is -0.0119. The second-order valence-electron chi connectivity index (χ2n) is 6.58. The van der Waals surface area contributed by atoms with Gasteiger partial charge in [0.05, 0.1) is 12.4 Å². The van der Waals surface area contributed by atoms with Crippen LogP contribution in [0.2, 0.25) is 0 Å². The van der Waals surface area contributed by atoms with Gasteiger partial charge in [-0.3, -0.25) is 9.78 Å². The van der Waals surface area contributed by atoms with Gasteiger partial charge in [0.15, 0.2) is 0 Å². The topological polar surface area (TPSA) is 61.4 Å². The number of nitrogens with zero attached hydrogens (tertiary/aromatic N) is 4. The molecule has 0 aliphatic carbocycles. The van der Waals surface area contributed by atoms with E-state index in [-0.39, 0.29) is 5.91 Å². The van der Waals surface area contributed by atoms with Crippen molar-refractivity contribution < 1.29 is 4.79 Å². The monoisotopic (exact) mass is 337 g/mol. The third kappa shape index (κ3) is 3.43. The number of fused-ring (bicyclic) bond motifs is 1. The lowest BCUT2D eigenvalue weighted by atomic mass is 10.2. The van der Waals surface area contributed by atoms with E-state index in [0.717, 1.165) is 52.0 Å². The molecule has 1 saturated heterocycles. The zero-order valence-corrected chi connectivity index (χ0v) is 14.3. The molecule has 0 spiro atoms. The summed E-state index contributed by atoms with van der Waals surface area (Å²) in [6.45, 7) is 4.38. The Bertz CT molecular complexity index is 757. The predicted octanol–water partition coefficient (Wildman–Crippen LogP) is 2.19. The fourth-order valence-electron chi connectivity index (χ4n) is 3.59. The SMILES string of the molecule is O=C(c1cncc(NCCN2CCc3ccccc32)n1)N1CCCC1. The average molecular weight is 337 g/mol. The second-order valence-corrected chi connectivity index (χ2v) is 6.58. The molecule has 1 N–H and O–H groups in total. The van der Waals surface area contributed by atoms with Crippen LogP contribution >= 0.6 is 0 Å². The number of benzene rings is 1. The molecule has 6 heteroatoms. The number of anilines is 2. The van der Waals surface area contributed by atoms with Gasteiger partial charge in [0.25, 0.3) is 5.91 Å². The van der Waals surface area contributed by atoms with E-state index in [9.17, 15) is 4.79 Å². The average Bonchev–Trinajstić information content (AvgIpc) is 3.32. The van der Waals surface area contributed by atoms with Crippen LogP contribution in [0.25, 0.3) is 0 Å². The molecule has 4 rings (SSSR count). The summed E-state index contributed by atoms with van der Waals surface area (Å²) in [4.78, 5) is 25.3. The minimum Gasteiger partial charge on any atom is -0.369 e. The molecule has 1 aromatic heterocycles. The van der Waals surface area contributed by atoms with E-state index in [4.69, 9.17) is 0 Å². The van der Waals surface area contributed by atoms with E-state index in [1.807, 2.05) is 4.90 Å². The molecule has 2 aliphatic heterocycles. The highest BCUT2D eigenvalue weighted by Crippen LogP contribution is 2.26. The van der Waals surface area contributed by atoms with Crippen LogP contribution in [-0.2, 0) is 6.42 Å². The first-order chi connectivity index (χ1) is 12.3. The molecule has 0 saturated carbocycles. The van der Waals surface area contributed by atoms with Crippen LogP contribution < -0.4 is 10.2 Å². The van der Waals surface area contributed by atoms with Crippen molar-refractivity contribution in [3.8, 4) is 0 Å². The van der Waals surface area contributed by atoms with E-state index < -0.39 is 0 Å².